The Kier molecular flexibility index (Phi) is 5.25. The Morgan fingerprint density at radius 1 is 1.40 bits per heavy atom. The number of ether oxygens (including phenoxy) is 2. The zero-order chi connectivity index (χ0) is 14.5. The van der Waals surface area contributed by atoms with Gasteiger partial charge in [-0.3, -0.25) is 4.79 Å². The zero-order valence-corrected chi connectivity index (χ0v) is 13.2. The van der Waals surface area contributed by atoms with Gasteiger partial charge in [0.25, 0.3) is 0 Å². The Bertz CT molecular complexity index is 488. The Morgan fingerprint density at radius 3 is 2.70 bits per heavy atom. The van der Waals surface area contributed by atoms with E-state index in [-0.39, 0.29) is 11.8 Å². The van der Waals surface area contributed by atoms with Crippen molar-refractivity contribution in [2.75, 3.05) is 27.3 Å². The quantitative estimate of drug-likeness (QED) is 0.854. The molecule has 1 aromatic carbocycles. The van der Waals surface area contributed by atoms with Crippen molar-refractivity contribution in [3.05, 3.63) is 22.2 Å². The maximum absolute atomic E-state index is 12.0. The minimum atomic E-state index is 0.0777. The molecule has 1 aliphatic heterocycles. The predicted molar refractivity (Wildman–Crippen MR) is 80.1 cm³/mol. The smallest absolute Gasteiger partial charge is 0.224 e. The fraction of sp³-hybridized carbons (Fsp3) is 0.500. The highest BCUT2D eigenvalue weighted by molar-refractivity contribution is 9.10. The molecule has 0 aliphatic carbocycles. The number of halogens is 1. The predicted octanol–water partition coefficient (Wildman–Crippen LogP) is 1.69. The molecule has 0 spiro atoms. The van der Waals surface area contributed by atoms with Crippen LogP contribution in [0.5, 0.6) is 11.5 Å². The molecule has 1 fully saturated rings. The number of carbonyl (C=O) groups excluding carboxylic acids is 1. The SMILES string of the molecule is COc1cc(Br)c(CNC(=O)C2CCNC2)cc1OC. The van der Waals surface area contributed by atoms with Crippen LogP contribution in [-0.2, 0) is 11.3 Å². The van der Waals surface area contributed by atoms with Crippen LogP contribution in [0, 0.1) is 5.92 Å². The van der Waals surface area contributed by atoms with E-state index in [1.54, 1.807) is 14.2 Å². The topological polar surface area (TPSA) is 59.6 Å². The number of benzene rings is 1. The van der Waals surface area contributed by atoms with Gasteiger partial charge in [0.2, 0.25) is 5.91 Å². The summed E-state index contributed by atoms with van der Waals surface area (Å²) in [4.78, 5) is 12.0. The lowest BCUT2D eigenvalue weighted by Crippen LogP contribution is -2.31. The average molecular weight is 343 g/mol. The molecule has 1 amide bonds. The highest BCUT2D eigenvalue weighted by atomic mass is 79.9. The third-order valence-corrected chi connectivity index (χ3v) is 4.17. The maximum atomic E-state index is 12.0. The van der Waals surface area contributed by atoms with Gasteiger partial charge < -0.3 is 20.1 Å². The van der Waals surface area contributed by atoms with Crippen LogP contribution in [-0.4, -0.2) is 33.2 Å². The van der Waals surface area contributed by atoms with Crippen molar-refractivity contribution in [2.45, 2.75) is 13.0 Å². The summed E-state index contributed by atoms with van der Waals surface area (Å²) in [6.45, 7) is 2.15. The van der Waals surface area contributed by atoms with Gasteiger partial charge in [-0.25, -0.2) is 0 Å². The lowest BCUT2D eigenvalue weighted by Gasteiger charge is -2.14. The van der Waals surface area contributed by atoms with Gasteiger partial charge in [0.15, 0.2) is 11.5 Å². The molecule has 0 saturated carbocycles. The standard InChI is InChI=1S/C14H19BrN2O3/c1-19-12-5-10(11(15)6-13(12)20-2)8-17-14(18)9-3-4-16-7-9/h5-6,9,16H,3-4,7-8H2,1-2H3,(H,17,18). The van der Waals surface area contributed by atoms with Crippen LogP contribution in [0.1, 0.15) is 12.0 Å². The monoisotopic (exact) mass is 342 g/mol. The van der Waals surface area contributed by atoms with Crippen LogP contribution in [0.25, 0.3) is 0 Å². The molecule has 0 aromatic heterocycles. The van der Waals surface area contributed by atoms with Crippen molar-refractivity contribution < 1.29 is 14.3 Å². The number of amides is 1. The molecular weight excluding hydrogens is 324 g/mol. The summed E-state index contributed by atoms with van der Waals surface area (Å²) >= 11 is 3.49. The largest absolute Gasteiger partial charge is 0.493 e. The van der Waals surface area contributed by atoms with E-state index in [0.717, 1.165) is 29.5 Å². The van der Waals surface area contributed by atoms with Gasteiger partial charge in [0.1, 0.15) is 0 Å². The molecule has 1 heterocycles. The first-order valence-corrected chi connectivity index (χ1v) is 7.33. The van der Waals surface area contributed by atoms with Crippen LogP contribution in [0.4, 0.5) is 0 Å². The Balaban J connectivity index is 2.03. The molecule has 2 rings (SSSR count). The summed E-state index contributed by atoms with van der Waals surface area (Å²) in [6.07, 6.45) is 0.902. The third-order valence-electron chi connectivity index (χ3n) is 3.44. The van der Waals surface area contributed by atoms with Crippen molar-refractivity contribution in [1.82, 2.24) is 10.6 Å². The highest BCUT2D eigenvalue weighted by Gasteiger charge is 2.22. The van der Waals surface area contributed by atoms with Gasteiger partial charge in [-0.05, 0) is 30.7 Å². The number of carbonyl (C=O) groups is 1. The van der Waals surface area contributed by atoms with E-state index >= 15 is 0 Å². The second-order valence-electron chi connectivity index (χ2n) is 4.71. The molecule has 0 bridgehead atoms. The Hall–Kier alpha value is -1.27. The van der Waals surface area contributed by atoms with Crippen molar-refractivity contribution in [3.63, 3.8) is 0 Å². The van der Waals surface area contributed by atoms with Crippen LogP contribution in [0.2, 0.25) is 0 Å². The lowest BCUT2D eigenvalue weighted by molar-refractivity contribution is -0.124. The van der Waals surface area contributed by atoms with Gasteiger partial charge in [-0.2, -0.15) is 0 Å². The number of nitrogens with one attached hydrogen (secondary N) is 2. The van der Waals surface area contributed by atoms with Crippen molar-refractivity contribution >= 4 is 21.8 Å². The Labute approximate surface area is 127 Å². The lowest BCUT2D eigenvalue weighted by atomic mass is 10.1. The zero-order valence-electron chi connectivity index (χ0n) is 11.7. The van der Waals surface area contributed by atoms with Crippen LogP contribution >= 0.6 is 15.9 Å². The molecule has 110 valence electrons. The number of rotatable bonds is 5. The molecule has 1 aromatic rings. The summed E-state index contributed by atoms with van der Waals surface area (Å²) in [7, 11) is 3.19. The van der Waals surface area contributed by atoms with E-state index in [2.05, 4.69) is 26.6 Å². The minimum Gasteiger partial charge on any atom is -0.493 e. The second kappa shape index (κ2) is 6.95. The number of hydrogen-bond donors (Lipinski definition) is 2. The normalized spacial score (nSPS) is 17.9. The Morgan fingerprint density at radius 2 is 2.10 bits per heavy atom. The van der Waals surface area contributed by atoms with E-state index in [4.69, 9.17) is 9.47 Å². The maximum Gasteiger partial charge on any atom is 0.224 e. The van der Waals surface area contributed by atoms with E-state index in [1.165, 1.54) is 0 Å². The molecule has 0 radical (unpaired) electrons. The van der Waals surface area contributed by atoms with E-state index in [1.807, 2.05) is 12.1 Å². The van der Waals surface area contributed by atoms with Gasteiger partial charge in [0.05, 0.1) is 20.1 Å². The molecule has 1 atom stereocenters. The summed E-state index contributed by atoms with van der Waals surface area (Å²) in [5, 5.41) is 6.15. The highest BCUT2D eigenvalue weighted by Crippen LogP contribution is 2.33. The second-order valence-corrected chi connectivity index (χ2v) is 5.56. The van der Waals surface area contributed by atoms with Crippen molar-refractivity contribution in [2.24, 2.45) is 5.92 Å². The van der Waals surface area contributed by atoms with Crippen molar-refractivity contribution in [1.29, 1.82) is 0 Å². The average Bonchev–Trinajstić information content (AvgIpc) is 2.99. The van der Waals surface area contributed by atoms with Crippen LogP contribution in [0.15, 0.2) is 16.6 Å². The molecule has 2 N–H and O–H groups in total. The van der Waals surface area contributed by atoms with Gasteiger partial charge in [-0.1, -0.05) is 15.9 Å². The molecule has 5 nitrogen and oxygen atoms in total. The molecule has 1 saturated heterocycles. The third kappa shape index (κ3) is 3.43. The molecule has 1 unspecified atom stereocenters. The molecular formula is C14H19BrN2O3. The van der Waals surface area contributed by atoms with Gasteiger partial charge in [-0.15, -0.1) is 0 Å². The van der Waals surface area contributed by atoms with E-state index in [9.17, 15) is 4.79 Å². The van der Waals surface area contributed by atoms with E-state index < -0.39 is 0 Å². The first kappa shape index (κ1) is 15.1. The molecule has 6 heteroatoms. The van der Waals surface area contributed by atoms with Crippen LogP contribution in [0.3, 0.4) is 0 Å². The van der Waals surface area contributed by atoms with Crippen LogP contribution < -0.4 is 20.1 Å². The first-order valence-electron chi connectivity index (χ1n) is 6.54. The molecule has 1 aliphatic rings. The summed E-state index contributed by atoms with van der Waals surface area (Å²) in [5.41, 5.74) is 0.960. The number of methoxy groups -OCH3 is 2. The fourth-order valence-corrected chi connectivity index (χ4v) is 2.70. The van der Waals surface area contributed by atoms with Crippen molar-refractivity contribution in [3.8, 4) is 11.5 Å². The molecule has 20 heavy (non-hydrogen) atoms. The summed E-state index contributed by atoms with van der Waals surface area (Å²) in [6, 6.07) is 3.72. The fourth-order valence-electron chi connectivity index (χ4n) is 2.24. The van der Waals surface area contributed by atoms with Gasteiger partial charge >= 0.3 is 0 Å². The van der Waals surface area contributed by atoms with E-state index in [0.29, 0.717) is 18.0 Å². The summed E-state index contributed by atoms with van der Waals surface area (Å²) < 4.78 is 11.4. The minimum absolute atomic E-state index is 0.0777. The summed E-state index contributed by atoms with van der Waals surface area (Å²) in [5.74, 6) is 1.49. The number of hydrogen-bond acceptors (Lipinski definition) is 4. The first-order chi connectivity index (χ1) is 9.65. The van der Waals surface area contributed by atoms with Gasteiger partial charge in [0, 0.05) is 17.6 Å².